The molecule has 7 heteroatoms. The molecule has 1 atom stereocenters. The van der Waals surface area contributed by atoms with E-state index in [1.807, 2.05) is 6.07 Å². The number of nitrogens with one attached hydrogen (secondary N) is 1. The topological polar surface area (TPSA) is 88.4 Å². The number of thioether (sulfide) groups is 1. The molecule has 0 saturated heterocycles. The van der Waals surface area contributed by atoms with Crippen molar-refractivity contribution >= 4 is 29.3 Å². The van der Waals surface area contributed by atoms with Gasteiger partial charge in [0.05, 0.1) is 25.3 Å². The van der Waals surface area contributed by atoms with Gasteiger partial charge in [0.2, 0.25) is 0 Å². The predicted molar refractivity (Wildman–Crippen MR) is 109 cm³/mol. The minimum atomic E-state index is -0.427. The molecular formula is C21H22N2O4S. The van der Waals surface area contributed by atoms with Crippen molar-refractivity contribution in [3.63, 3.8) is 0 Å². The van der Waals surface area contributed by atoms with Crippen LogP contribution in [0.2, 0.25) is 0 Å². The zero-order chi connectivity index (χ0) is 20.4. The Labute approximate surface area is 168 Å². The summed E-state index contributed by atoms with van der Waals surface area (Å²) >= 11 is 1.27. The SMILES string of the molecule is COC(=O)C(C)Sc1ccccc1C(=O)Nc1cccc(OCCCC#N)c1. The number of unbranched alkanes of at least 4 members (excludes halogenated alkanes) is 1. The summed E-state index contributed by atoms with van der Waals surface area (Å²) in [5.41, 5.74) is 1.08. The molecule has 0 aliphatic carbocycles. The van der Waals surface area contributed by atoms with Crippen LogP contribution in [0.1, 0.15) is 30.1 Å². The van der Waals surface area contributed by atoms with Gasteiger partial charge in [0.1, 0.15) is 11.0 Å². The van der Waals surface area contributed by atoms with E-state index in [4.69, 9.17) is 14.7 Å². The number of rotatable bonds is 9. The molecule has 0 aliphatic heterocycles. The summed E-state index contributed by atoms with van der Waals surface area (Å²) in [6.45, 7) is 2.17. The summed E-state index contributed by atoms with van der Waals surface area (Å²) in [5.74, 6) is 0.000897. The Kier molecular flexibility index (Phi) is 8.37. The van der Waals surface area contributed by atoms with E-state index in [0.29, 0.717) is 41.3 Å². The Morgan fingerprint density at radius 2 is 2.00 bits per heavy atom. The monoisotopic (exact) mass is 398 g/mol. The van der Waals surface area contributed by atoms with Crippen LogP contribution in [0.4, 0.5) is 5.69 Å². The smallest absolute Gasteiger partial charge is 0.318 e. The molecule has 1 unspecified atom stereocenters. The number of carbonyl (C=O) groups excluding carboxylic acids is 2. The molecule has 0 radical (unpaired) electrons. The molecule has 0 saturated carbocycles. The summed E-state index contributed by atoms with van der Waals surface area (Å²) in [6.07, 6.45) is 1.09. The second-order valence-corrected chi connectivity index (χ2v) is 7.25. The predicted octanol–water partition coefficient (Wildman–Crippen LogP) is 4.28. The molecule has 1 N–H and O–H groups in total. The largest absolute Gasteiger partial charge is 0.493 e. The maximum atomic E-state index is 12.7. The van der Waals surface area contributed by atoms with Crippen molar-refractivity contribution in [2.45, 2.75) is 29.9 Å². The zero-order valence-corrected chi connectivity index (χ0v) is 16.6. The number of hydrogen-bond acceptors (Lipinski definition) is 6. The molecule has 0 spiro atoms. The maximum absolute atomic E-state index is 12.7. The molecule has 0 bridgehead atoms. The number of hydrogen-bond donors (Lipinski definition) is 1. The molecule has 6 nitrogen and oxygen atoms in total. The van der Waals surface area contributed by atoms with E-state index < -0.39 is 5.25 Å². The summed E-state index contributed by atoms with van der Waals surface area (Å²) in [7, 11) is 1.34. The van der Waals surface area contributed by atoms with Gasteiger partial charge in [-0.25, -0.2) is 0 Å². The molecule has 2 rings (SSSR count). The quantitative estimate of drug-likeness (QED) is 0.385. The number of benzene rings is 2. The third kappa shape index (κ3) is 6.32. The summed E-state index contributed by atoms with van der Waals surface area (Å²) in [4.78, 5) is 25.1. The van der Waals surface area contributed by atoms with Crippen molar-refractivity contribution < 1.29 is 19.1 Å². The van der Waals surface area contributed by atoms with Gasteiger partial charge in [0.15, 0.2) is 0 Å². The first-order valence-corrected chi connectivity index (χ1v) is 9.67. The second kappa shape index (κ2) is 11.0. The highest BCUT2D eigenvalue weighted by molar-refractivity contribution is 8.00. The Hall–Kier alpha value is -2.98. The highest BCUT2D eigenvalue weighted by Gasteiger charge is 2.19. The van der Waals surface area contributed by atoms with Gasteiger partial charge < -0.3 is 14.8 Å². The van der Waals surface area contributed by atoms with Gasteiger partial charge in [0.25, 0.3) is 5.91 Å². The van der Waals surface area contributed by atoms with Crippen LogP contribution >= 0.6 is 11.8 Å². The van der Waals surface area contributed by atoms with Gasteiger partial charge in [-0.1, -0.05) is 18.2 Å². The van der Waals surface area contributed by atoms with Gasteiger partial charge >= 0.3 is 5.97 Å². The summed E-state index contributed by atoms with van der Waals surface area (Å²) < 4.78 is 10.3. The van der Waals surface area contributed by atoms with E-state index in [9.17, 15) is 9.59 Å². The van der Waals surface area contributed by atoms with Gasteiger partial charge in [-0.3, -0.25) is 9.59 Å². The fraction of sp³-hybridized carbons (Fsp3) is 0.286. The average molecular weight is 398 g/mol. The molecule has 0 aromatic heterocycles. The molecule has 0 aliphatic rings. The maximum Gasteiger partial charge on any atom is 0.318 e. The molecule has 2 aromatic rings. The first kappa shape index (κ1) is 21.3. The molecular weight excluding hydrogens is 376 g/mol. The molecule has 2 aromatic carbocycles. The van der Waals surface area contributed by atoms with Crippen LogP contribution in [0, 0.1) is 11.3 Å². The van der Waals surface area contributed by atoms with E-state index in [2.05, 4.69) is 11.4 Å². The molecule has 146 valence electrons. The van der Waals surface area contributed by atoms with Crippen LogP contribution in [0.5, 0.6) is 5.75 Å². The fourth-order valence-corrected chi connectivity index (χ4v) is 3.38. The lowest BCUT2D eigenvalue weighted by Crippen LogP contribution is -2.17. The van der Waals surface area contributed by atoms with E-state index in [0.717, 1.165) is 0 Å². The van der Waals surface area contributed by atoms with Crippen molar-refractivity contribution in [1.29, 1.82) is 5.26 Å². The summed E-state index contributed by atoms with van der Waals surface area (Å²) in [6, 6.07) is 16.3. The standard InChI is InChI=1S/C21H22N2O4S/c1-15(21(25)26-2)28-19-11-4-3-10-18(19)20(24)23-16-8-7-9-17(14-16)27-13-6-5-12-22/h3-4,7-11,14-15H,5-6,13H2,1-2H3,(H,23,24). The lowest BCUT2D eigenvalue weighted by molar-refractivity contribution is -0.139. The van der Waals surface area contributed by atoms with Crippen LogP contribution in [0.3, 0.4) is 0 Å². The third-order valence-electron chi connectivity index (χ3n) is 3.76. The molecule has 1 amide bonds. The lowest BCUT2D eigenvalue weighted by atomic mass is 10.2. The number of ether oxygens (including phenoxy) is 2. The molecule has 0 heterocycles. The number of carbonyl (C=O) groups is 2. The highest BCUT2D eigenvalue weighted by atomic mass is 32.2. The normalized spacial score (nSPS) is 11.2. The minimum Gasteiger partial charge on any atom is -0.493 e. The first-order valence-electron chi connectivity index (χ1n) is 8.80. The average Bonchev–Trinajstić information content (AvgIpc) is 2.71. The zero-order valence-electron chi connectivity index (χ0n) is 15.8. The van der Waals surface area contributed by atoms with Crippen LogP contribution in [0.25, 0.3) is 0 Å². The van der Waals surface area contributed by atoms with Crippen LogP contribution in [-0.2, 0) is 9.53 Å². The van der Waals surface area contributed by atoms with Crippen LogP contribution < -0.4 is 10.1 Å². The fourth-order valence-electron chi connectivity index (χ4n) is 2.36. The van der Waals surface area contributed by atoms with Gasteiger partial charge in [-0.2, -0.15) is 5.26 Å². The van der Waals surface area contributed by atoms with Gasteiger partial charge in [-0.15, -0.1) is 11.8 Å². The van der Waals surface area contributed by atoms with Crippen LogP contribution in [0.15, 0.2) is 53.4 Å². The number of nitrogens with zero attached hydrogens (tertiary/aromatic N) is 1. The van der Waals surface area contributed by atoms with Gasteiger partial charge in [-0.05, 0) is 37.6 Å². The Bertz CT molecular complexity index is 863. The number of esters is 1. The summed E-state index contributed by atoms with van der Waals surface area (Å²) in [5, 5.41) is 11.0. The van der Waals surface area contributed by atoms with E-state index in [1.165, 1.54) is 18.9 Å². The van der Waals surface area contributed by atoms with E-state index >= 15 is 0 Å². The highest BCUT2D eigenvalue weighted by Crippen LogP contribution is 2.28. The second-order valence-electron chi connectivity index (χ2n) is 5.87. The Balaban J connectivity index is 2.07. The third-order valence-corrected chi connectivity index (χ3v) is 4.92. The number of nitriles is 1. The molecule has 28 heavy (non-hydrogen) atoms. The molecule has 0 fully saturated rings. The van der Waals surface area contributed by atoms with E-state index in [-0.39, 0.29) is 11.9 Å². The number of anilines is 1. The van der Waals surface area contributed by atoms with Crippen molar-refractivity contribution in [2.75, 3.05) is 19.0 Å². The lowest BCUT2D eigenvalue weighted by Gasteiger charge is -2.13. The van der Waals surface area contributed by atoms with Gasteiger partial charge in [0, 0.05) is 23.1 Å². The van der Waals surface area contributed by atoms with Crippen molar-refractivity contribution in [2.24, 2.45) is 0 Å². The number of methoxy groups -OCH3 is 1. The van der Waals surface area contributed by atoms with Crippen LogP contribution in [-0.4, -0.2) is 30.8 Å². The van der Waals surface area contributed by atoms with E-state index in [1.54, 1.807) is 49.4 Å². The van der Waals surface area contributed by atoms with Crippen molar-refractivity contribution in [3.05, 3.63) is 54.1 Å². The first-order chi connectivity index (χ1) is 13.5. The Morgan fingerprint density at radius 3 is 2.75 bits per heavy atom. The number of amides is 1. The Morgan fingerprint density at radius 1 is 1.21 bits per heavy atom. The van der Waals surface area contributed by atoms with Crippen molar-refractivity contribution in [3.8, 4) is 11.8 Å². The van der Waals surface area contributed by atoms with Crippen molar-refractivity contribution in [1.82, 2.24) is 0 Å². The minimum absolute atomic E-state index is 0.276.